The smallest absolute Gasteiger partial charge is 0.407 e. The molecule has 0 aliphatic carbocycles. The average molecular weight is 329 g/mol. The van der Waals surface area contributed by atoms with Crippen LogP contribution >= 0.6 is 0 Å². The summed E-state index contributed by atoms with van der Waals surface area (Å²) in [7, 11) is 0. The lowest BCUT2D eigenvalue weighted by molar-refractivity contribution is -0.00524. The van der Waals surface area contributed by atoms with Crippen LogP contribution in [0.3, 0.4) is 0 Å². The summed E-state index contributed by atoms with van der Waals surface area (Å²) in [6, 6.07) is 3.64. The molecule has 1 N–H and O–H groups in total. The first-order valence-corrected chi connectivity index (χ1v) is 8.06. The van der Waals surface area contributed by atoms with Crippen LogP contribution in [0.25, 0.3) is 5.65 Å². The van der Waals surface area contributed by atoms with Crippen molar-refractivity contribution in [3.8, 4) is 0 Å². The normalized spacial score (nSPS) is 23.6. The number of fused-ring (bicyclic) bond motifs is 1. The van der Waals surface area contributed by atoms with E-state index in [-0.39, 0.29) is 5.91 Å². The third-order valence-corrected chi connectivity index (χ3v) is 4.64. The highest BCUT2D eigenvalue weighted by Crippen LogP contribution is 2.28. The number of rotatable bonds is 1. The molecule has 1 spiro atoms. The number of alkyl carbamates (subject to hydrolysis) is 1. The summed E-state index contributed by atoms with van der Waals surface area (Å²) in [5.41, 5.74) is 2.25. The highest BCUT2D eigenvalue weighted by Gasteiger charge is 2.45. The molecule has 2 aromatic rings. The molecular weight excluding hydrogens is 310 g/mol. The number of carbonyl (C=O) groups is 2. The molecule has 24 heavy (non-hydrogen) atoms. The summed E-state index contributed by atoms with van der Waals surface area (Å²) in [5, 5.41) is 7.08. The number of hydrogen-bond donors (Lipinski definition) is 1. The minimum absolute atomic E-state index is 0.153. The van der Waals surface area contributed by atoms with Crippen LogP contribution in [0.5, 0.6) is 0 Å². The summed E-state index contributed by atoms with van der Waals surface area (Å²) >= 11 is 0. The SMILES string of the molecule is Cc1cc(C)n2nc(C(=O)N3CCCC4(CNC(=O)O4)C3)cc2n1. The number of hydrogen-bond acceptors (Lipinski definition) is 5. The van der Waals surface area contributed by atoms with Crippen LogP contribution in [0, 0.1) is 13.8 Å². The maximum atomic E-state index is 12.8. The average Bonchev–Trinajstić information content (AvgIpc) is 3.11. The van der Waals surface area contributed by atoms with Gasteiger partial charge in [-0.15, -0.1) is 0 Å². The van der Waals surface area contributed by atoms with Crippen molar-refractivity contribution in [1.29, 1.82) is 0 Å². The molecule has 1 atom stereocenters. The van der Waals surface area contributed by atoms with Crippen molar-refractivity contribution >= 4 is 17.6 Å². The Morgan fingerprint density at radius 3 is 2.96 bits per heavy atom. The van der Waals surface area contributed by atoms with Crippen LogP contribution in [0.1, 0.15) is 34.7 Å². The number of aryl methyl sites for hydroxylation is 2. The van der Waals surface area contributed by atoms with E-state index in [9.17, 15) is 9.59 Å². The largest absolute Gasteiger partial charge is 0.439 e. The number of carbonyl (C=O) groups excluding carboxylic acids is 2. The van der Waals surface area contributed by atoms with E-state index in [0.29, 0.717) is 31.0 Å². The van der Waals surface area contributed by atoms with Crippen molar-refractivity contribution in [3.63, 3.8) is 0 Å². The second-order valence-electron chi connectivity index (χ2n) is 6.59. The lowest BCUT2D eigenvalue weighted by Gasteiger charge is -2.37. The maximum absolute atomic E-state index is 12.8. The predicted octanol–water partition coefficient (Wildman–Crippen LogP) is 1.06. The molecule has 4 heterocycles. The van der Waals surface area contributed by atoms with E-state index < -0.39 is 11.7 Å². The molecule has 2 aliphatic rings. The zero-order valence-electron chi connectivity index (χ0n) is 13.7. The zero-order valence-corrected chi connectivity index (χ0v) is 13.7. The Kier molecular flexibility index (Phi) is 3.22. The molecule has 0 radical (unpaired) electrons. The quantitative estimate of drug-likeness (QED) is 0.845. The third kappa shape index (κ3) is 2.38. The van der Waals surface area contributed by atoms with Crippen molar-refractivity contribution in [2.24, 2.45) is 0 Å². The van der Waals surface area contributed by atoms with Gasteiger partial charge in [0.15, 0.2) is 11.3 Å². The summed E-state index contributed by atoms with van der Waals surface area (Å²) in [6.45, 7) is 5.32. The van der Waals surface area contributed by atoms with Gasteiger partial charge in [-0.25, -0.2) is 14.3 Å². The molecule has 4 rings (SSSR count). The first-order chi connectivity index (χ1) is 11.5. The molecule has 1 unspecified atom stereocenters. The minimum atomic E-state index is -0.602. The molecule has 2 fully saturated rings. The van der Waals surface area contributed by atoms with E-state index in [2.05, 4.69) is 15.4 Å². The molecule has 0 saturated carbocycles. The van der Waals surface area contributed by atoms with Crippen LogP contribution < -0.4 is 5.32 Å². The summed E-state index contributed by atoms with van der Waals surface area (Å²) in [6.07, 6.45) is 1.15. The Balaban J connectivity index is 1.61. The number of amides is 2. The molecule has 2 amide bonds. The number of likely N-dealkylation sites (tertiary alicyclic amines) is 1. The van der Waals surface area contributed by atoms with Crippen molar-refractivity contribution in [2.75, 3.05) is 19.6 Å². The van der Waals surface area contributed by atoms with Crippen molar-refractivity contribution in [3.05, 3.63) is 29.2 Å². The molecule has 8 nitrogen and oxygen atoms in total. The summed E-state index contributed by atoms with van der Waals surface area (Å²) in [5.74, 6) is -0.153. The molecule has 2 aromatic heterocycles. The number of nitrogens with one attached hydrogen (secondary N) is 1. The van der Waals surface area contributed by atoms with Gasteiger partial charge in [0.05, 0.1) is 13.1 Å². The third-order valence-electron chi connectivity index (χ3n) is 4.64. The zero-order chi connectivity index (χ0) is 16.9. The van der Waals surface area contributed by atoms with E-state index in [1.807, 2.05) is 19.9 Å². The first kappa shape index (κ1) is 14.9. The molecule has 126 valence electrons. The Morgan fingerprint density at radius 2 is 2.21 bits per heavy atom. The van der Waals surface area contributed by atoms with Gasteiger partial charge in [0.2, 0.25) is 0 Å². The second kappa shape index (κ2) is 5.19. The van der Waals surface area contributed by atoms with Gasteiger partial charge in [0, 0.05) is 24.0 Å². The predicted molar refractivity (Wildman–Crippen MR) is 84.8 cm³/mol. The Labute approximate surface area is 138 Å². The fourth-order valence-corrected chi connectivity index (χ4v) is 3.55. The van der Waals surface area contributed by atoms with Gasteiger partial charge >= 0.3 is 6.09 Å². The van der Waals surface area contributed by atoms with Crippen LogP contribution in [0.4, 0.5) is 4.79 Å². The van der Waals surface area contributed by atoms with Crippen LogP contribution in [-0.2, 0) is 4.74 Å². The van der Waals surface area contributed by atoms with Gasteiger partial charge in [0.25, 0.3) is 5.91 Å². The standard InChI is InChI=1S/C16H19N5O3/c1-10-6-11(2)21-13(18-10)7-12(19-21)14(22)20-5-3-4-16(9-20)8-17-15(23)24-16/h6-7H,3-5,8-9H2,1-2H3,(H,17,23). The molecule has 2 aliphatic heterocycles. The van der Waals surface area contributed by atoms with E-state index in [1.54, 1.807) is 15.5 Å². The van der Waals surface area contributed by atoms with E-state index in [1.165, 1.54) is 0 Å². The molecule has 0 bridgehead atoms. The number of nitrogens with zero attached hydrogens (tertiary/aromatic N) is 4. The molecule has 0 aromatic carbocycles. The monoisotopic (exact) mass is 329 g/mol. The van der Waals surface area contributed by atoms with Gasteiger partial charge in [-0.3, -0.25) is 4.79 Å². The number of ether oxygens (including phenoxy) is 1. The highest BCUT2D eigenvalue weighted by atomic mass is 16.6. The van der Waals surface area contributed by atoms with Crippen LogP contribution in [0.15, 0.2) is 12.1 Å². The van der Waals surface area contributed by atoms with E-state index >= 15 is 0 Å². The molecule has 8 heteroatoms. The van der Waals surface area contributed by atoms with Gasteiger partial charge < -0.3 is 15.0 Å². The fraction of sp³-hybridized carbons (Fsp3) is 0.500. The fourth-order valence-electron chi connectivity index (χ4n) is 3.55. The van der Waals surface area contributed by atoms with Crippen molar-refractivity contribution < 1.29 is 14.3 Å². The van der Waals surface area contributed by atoms with Crippen molar-refractivity contribution in [1.82, 2.24) is 24.8 Å². The van der Waals surface area contributed by atoms with E-state index in [4.69, 9.17) is 4.74 Å². The molecule has 2 saturated heterocycles. The highest BCUT2D eigenvalue weighted by molar-refractivity contribution is 5.93. The van der Waals surface area contributed by atoms with Gasteiger partial charge in [-0.2, -0.15) is 5.10 Å². The van der Waals surface area contributed by atoms with E-state index in [0.717, 1.165) is 24.2 Å². The van der Waals surface area contributed by atoms with Gasteiger partial charge in [-0.05, 0) is 32.8 Å². The summed E-state index contributed by atoms with van der Waals surface area (Å²) in [4.78, 5) is 30.4. The number of piperidine rings is 1. The van der Waals surface area contributed by atoms with Gasteiger partial charge in [0.1, 0.15) is 5.60 Å². The first-order valence-electron chi connectivity index (χ1n) is 8.06. The minimum Gasteiger partial charge on any atom is -0.439 e. The second-order valence-corrected chi connectivity index (χ2v) is 6.59. The topological polar surface area (TPSA) is 88.8 Å². The van der Waals surface area contributed by atoms with Gasteiger partial charge in [-0.1, -0.05) is 0 Å². The van der Waals surface area contributed by atoms with Crippen LogP contribution in [-0.4, -0.2) is 56.7 Å². The molecular formula is C16H19N5O3. The summed E-state index contributed by atoms with van der Waals surface area (Å²) < 4.78 is 7.10. The maximum Gasteiger partial charge on any atom is 0.407 e. The lowest BCUT2D eigenvalue weighted by atomic mass is 9.93. The Bertz CT molecular complexity index is 846. The van der Waals surface area contributed by atoms with Crippen molar-refractivity contribution in [2.45, 2.75) is 32.3 Å². The Morgan fingerprint density at radius 1 is 1.38 bits per heavy atom. The lowest BCUT2D eigenvalue weighted by Crippen LogP contribution is -2.52. The Hall–Kier alpha value is -2.64. The van der Waals surface area contributed by atoms with Crippen LogP contribution in [0.2, 0.25) is 0 Å². The number of aromatic nitrogens is 3.